The Kier molecular flexibility index (Phi) is 8.05. The number of benzene rings is 1. The van der Waals surface area contributed by atoms with Gasteiger partial charge in [0.15, 0.2) is 0 Å². The van der Waals surface area contributed by atoms with Crippen molar-refractivity contribution in [1.29, 1.82) is 0 Å². The summed E-state index contributed by atoms with van der Waals surface area (Å²) in [5.74, 6) is -0.229. The van der Waals surface area contributed by atoms with Crippen LogP contribution in [0.3, 0.4) is 0 Å². The molecule has 2 fully saturated rings. The van der Waals surface area contributed by atoms with Gasteiger partial charge in [-0.15, -0.1) is 0 Å². The van der Waals surface area contributed by atoms with Gasteiger partial charge in [-0.1, -0.05) is 32.9 Å². The Bertz CT molecular complexity index is 815. The quantitative estimate of drug-likeness (QED) is 0.691. The third-order valence-electron chi connectivity index (χ3n) is 6.14. The molecule has 2 atom stereocenters. The predicted molar refractivity (Wildman–Crippen MR) is 118 cm³/mol. The molecule has 2 heterocycles. The lowest BCUT2D eigenvalue weighted by atomic mass is 9.91. The molecule has 1 aromatic carbocycles. The van der Waals surface area contributed by atoms with Crippen LogP contribution in [0.1, 0.15) is 57.2 Å². The Morgan fingerprint density at radius 1 is 1.09 bits per heavy atom. The van der Waals surface area contributed by atoms with Crippen LogP contribution >= 0.6 is 0 Å². The highest BCUT2D eigenvalue weighted by Gasteiger charge is 2.36. The summed E-state index contributed by atoms with van der Waals surface area (Å²) in [6, 6.07) is 4.33. The predicted octanol–water partition coefficient (Wildman–Crippen LogP) is 3.62. The lowest BCUT2D eigenvalue weighted by Crippen LogP contribution is -2.49. The van der Waals surface area contributed by atoms with E-state index in [1.807, 2.05) is 20.8 Å². The first-order valence-corrected chi connectivity index (χ1v) is 11.5. The van der Waals surface area contributed by atoms with Crippen LogP contribution in [0.2, 0.25) is 0 Å². The molecule has 184 valence electrons. The molecule has 2 unspecified atom stereocenters. The molecule has 3 rings (SSSR count). The van der Waals surface area contributed by atoms with Crippen molar-refractivity contribution < 1.29 is 27.5 Å². The maximum atomic E-state index is 13.0. The molecule has 2 aliphatic heterocycles. The summed E-state index contributed by atoms with van der Waals surface area (Å²) in [5.41, 5.74) is -0.155. The van der Waals surface area contributed by atoms with Crippen LogP contribution in [0.15, 0.2) is 24.3 Å². The second-order valence-electron chi connectivity index (χ2n) is 10.0. The lowest BCUT2D eigenvalue weighted by Gasteiger charge is -2.35. The number of ether oxygens (including phenoxy) is 1. The van der Waals surface area contributed by atoms with Gasteiger partial charge in [-0.25, -0.2) is 0 Å². The number of rotatable bonds is 6. The third kappa shape index (κ3) is 6.93. The monoisotopic (exact) mass is 469 g/mol. The van der Waals surface area contributed by atoms with Crippen LogP contribution in [0.4, 0.5) is 13.2 Å². The molecule has 2 saturated heterocycles. The summed E-state index contributed by atoms with van der Waals surface area (Å²) >= 11 is 0. The van der Waals surface area contributed by atoms with Gasteiger partial charge in [0, 0.05) is 32.6 Å². The maximum absolute atomic E-state index is 13.0. The van der Waals surface area contributed by atoms with Gasteiger partial charge >= 0.3 is 6.18 Å². The maximum Gasteiger partial charge on any atom is 0.416 e. The molecule has 0 radical (unpaired) electrons. The molecule has 0 aromatic heterocycles. The number of amides is 2. The van der Waals surface area contributed by atoms with Gasteiger partial charge in [0.2, 0.25) is 11.8 Å². The van der Waals surface area contributed by atoms with Crippen LogP contribution in [0.5, 0.6) is 0 Å². The summed E-state index contributed by atoms with van der Waals surface area (Å²) in [6.07, 6.45) is -2.63. The second-order valence-corrected chi connectivity index (χ2v) is 10.0. The standard InChI is InChI=1S/C24H34F3N3O3/c1-23(2,3)15-21(31)30-10-4-5-19(30)22(32)28-16-20(29-11-13-33-14-12-29)17-6-8-18(9-7-17)24(25,26)27/h6-9,19-20H,4-5,10-16H2,1-3H3,(H,28,32). The number of carbonyl (C=O) groups excluding carboxylic acids is 2. The fraction of sp³-hybridized carbons (Fsp3) is 0.667. The van der Waals surface area contributed by atoms with Gasteiger partial charge in [-0.3, -0.25) is 14.5 Å². The van der Waals surface area contributed by atoms with Crippen LogP contribution in [-0.2, 0) is 20.5 Å². The van der Waals surface area contributed by atoms with Crippen molar-refractivity contribution in [2.24, 2.45) is 5.41 Å². The molecule has 9 heteroatoms. The van der Waals surface area contributed by atoms with Crippen molar-refractivity contribution in [3.8, 4) is 0 Å². The number of hydrogen-bond acceptors (Lipinski definition) is 4. The first-order valence-electron chi connectivity index (χ1n) is 11.5. The fourth-order valence-corrected chi connectivity index (χ4v) is 4.45. The van der Waals surface area contributed by atoms with Gasteiger partial charge in [0.25, 0.3) is 0 Å². The zero-order valence-electron chi connectivity index (χ0n) is 19.6. The number of hydrogen-bond donors (Lipinski definition) is 1. The van der Waals surface area contributed by atoms with E-state index >= 15 is 0 Å². The zero-order valence-corrected chi connectivity index (χ0v) is 19.6. The van der Waals surface area contributed by atoms with E-state index in [1.54, 1.807) is 4.90 Å². The Morgan fingerprint density at radius 3 is 2.30 bits per heavy atom. The van der Waals surface area contributed by atoms with Crippen LogP contribution in [0, 0.1) is 5.41 Å². The van der Waals surface area contributed by atoms with E-state index in [1.165, 1.54) is 12.1 Å². The van der Waals surface area contributed by atoms with Crippen LogP contribution in [0.25, 0.3) is 0 Å². The number of morpholine rings is 1. The molecule has 0 saturated carbocycles. The molecule has 2 aliphatic rings. The summed E-state index contributed by atoms with van der Waals surface area (Å²) in [7, 11) is 0. The highest BCUT2D eigenvalue weighted by Crippen LogP contribution is 2.31. The molecule has 0 bridgehead atoms. The molecular weight excluding hydrogens is 435 g/mol. The Labute approximate surface area is 193 Å². The molecule has 33 heavy (non-hydrogen) atoms. The highest BCUT2D eigenvalue weighted by atomic mass is 19.4. The zero-order chi connectivity index (χ0) is 24.2. The van der Waals surface area contributed by atoms with E-state index < -0.39 is 17.8 Å². The normalized spacial score (nSPS) is 21.2. The number of likely N-dealkylation sites (tertiary alicyclic amines) is 1. The number of alkyl halides is 3. The van der Waals surface area contributed by atoms with E-state index in [9.17, 15) is 22.8 Å². The molecule has 1 N–H and O–H groups in total. The molecule has 1 aromatic rings. The highest BCUT2D eigenvalue weighted by molar-refractivity contribution is 5.88. The van der Waals surface area contributed by atoms with Gasteiger partial charge in [-0.05, 0) is 36.0 Å². The number of nitrogens with one attached hydrogen (secondary N) is 1. The molecular formula is C24H34F3N3O3. The minimum Gasteiger partial charge on any atom is -0.379 e. The molecule has 2 amide bonds. The summed E-state index contributed by atoms with van der Waals surface area (Å²) < 4.78 is 44.4. The Balaban J connectivity index is 1.70. The first-order chi connectivity index (χ1) is 15.5. The van der Waals surface area contributed by atoms with Crippen molar-refractivity contribution in [3.63, 3.8) is 0 Å². The Hall–Kier alpha value is -2.13. The van der Waals surface area contributed by atoms with Gasteiger partial charge in [-0.2, -0.15) is 13.2 Å². The largest absolute Gasteiger partial charge is 0.416 e. The summed E-state index contributed by atoms with van der Waals surface area (Å²) in [5, 5.41) is 2.98. The Morgan fingerprint density at radius 2 is 1.73 bits per heavy atom. The van der Waals surface area contributed by atoms with E-state index in [0.717, 1.165) is 18.6 Å². The molecule has 0 spiro atoms. The summed E-state index contributed by atoms with van der Waals surface area (Å²) in [4.78, 5) is 29.5. The lowest BCUT2D eigenvalue weighted by molar-refractivity contribution is -0.140. The summed E-state index contributed by atoms with van der Waals surface area (Å²) in [6.45, 7) is 9.11. The molecule has 0 aliphatic carbocycles. The second kappa shape index (κ2) is 10.4. The van der Waals surface area contributed by atoms with Crippen molar-refractivity contribution in [1.82, 2.24) is 15.1 Å². The van der Waals surface area contributed by atoms with E-state index in [0.29, 0.717) is 51.3 Å². The topological polar surface area (TPSA) is 61.9 Å². The third-order valence-corrected chi connectivity index (χ3v) is 6.14. The van der Waals surface area contributed by atoms with Crippen molar-refractivity contribution in [3.05, 3.63) is 35.4 Å². The molecule has 6 nitrogen and oxygen atoms in total. The fourth-order valence-electron chi connectivity index (χ4n) is 4.45. The van der Waals surface area contributed by atoms with Gasteiger partial charge < -0.3 is 15.0 Å². The van der Waals surface area contributed by atoms with Crippen molar-refractivity contribution in [2.45, 2.75) is 58.3 Å². The van der Waals surface area contributed by atoms with Gasteiger partial charge in [0.05, 0.1) is 24.8 Å². The van der Waals surface area contributed by atoms with E-state index in [2.05, 4.69) is 10.2 Å². The van der Waals surface area contributed by atoms with E-state index in [4.69, 9.17) is 4.74 Å². The SMILES string of the molecule is CC(C)(C)CC(=O)N1CCCC1C(=O)NCC(c1ccc(C(F)(F)F)cc1)N1CCOCC1. The average Bonchev–Trinajstić information content (AvgIpc) is 3.23. The van der Waals surface area contributed by atoms with Crippen LogP contribution < -0.4 is 5.32 Å². The van der Waals surface area contributed by atoms with E-state index in [-0.39, 0.29) is 29.8 Å². The number of halogens is 3. The van der Waals surface area contributed by atoms with Crippen LogP contribution in [-0.4, -0.2) is 67.0 Å². The number of nitrogens with zero attached hydrogens (tertiary/aromatic N) is 2. The first kappa shape index (κ1) is 25.5. The van der Waals surface area contributed by atoms with Gasteiger partial charge in [0.1, 0.15) is 6.04 Å². The van der Waals surface area contributed by atoms with Crippen molar-refractivity contribution >= 4 is 11.8 Å². The minimum atomic E-state index is -4.40. The minimum absolute atomic E-state index is 0.0207. The van der Waals surface area contributed by atoms with Crippen molar-refractivity contribution in [2.75, 3.05) is 39.4 Å². The average molecular weight is 470 g/mol. The smallest absolute Gasteiger partial charge is 0.379 e. The number of carbonyl (C=O) groups is 2.